The van der Waals surface area contributed by atoms with Crippen LogP contribution in [0.1, 0.15) is 19.3 Å². The maximum atomic E-state index is 11.4. The molecule has 1 rings (SSSR count). The molecule has 0 saturated heterocycles. The van der Waals surface area contributed by atoms with Crippen LogP contribution in [-0.2, 0) is 9.53 Å². The molecule has 0 radical (unpaired) electrons. The Bertz CT molecular complexity index is 395. The van der Waals surface area contributed by atoms with Gasteiger partial charge in [-0.05, 0) is 12.8 Å². The van der Waals surface area contributed by atoms with Gasteiger partial charge < -0.3 is 9.84 Å². The van der Waals surface area contributed by atoms with Gasteiger partial charge in [0.15, 0.2) is 0 Å². The first-order valence-electron chi connectivity index (χ1n) is 5.80. The molecule has 3 nitrogen and oxygen atoms in total. The largest absolute Gasteiger partial charge is 0.466 e. The first-order chi connectivity index (χ1) is 7.76. The van der Waals surface area contributed by atoms with Crippen molar-refractivity contribution < 1.29 is 14.6 Å². The zero-order valence-corrected chi connectivity index (χ0v) is 12.0. The Morgan fingerprint density at radius 3 is 2.71 bits per heavy atom. The fourth-order valence-corrected chi connectivity index (χ4v) is 2.27. The van der Waals surface area contributed by atoms with Crippen LogP contribution in [0.3, 0.4) is 0 Å². The van der Waals surface area contributed by atoms with Gasteiger partial charge in [0.05, 0.1) is 7.11 Å². The van der Waals surface area contributed by atoms with Crippen LogP contribution in [0.25, 0.3) is 0 Å². The summed E-state index contributed by atoms with van der Waals surface area (Å²) in [6, 6.07) is 0. The van der Waals surface area contributed by atoms with E-state index in [0.717, 1.165) is 0 Å². The molecule has 0 aromatic rings. The van der Waals surface area contributed by atoms with Crippen LogP contribution < -0.4 is 0 Å². The lowest BCUT2D eigenvalue weighted by Gasteiger charge is -2.26. The Kier molecular flexibility index (Phi) is 4.18. The molecule has 0 heterocycles. The lowest BCUT2D eigenvalue weighted by molar-refractivity contribution is -0.136. The zero-order chi connectivity index (χ0) is 13.1. The summed E-state index contributed by atoms with van der Waals surface area (Å²) in [5, 5.41) is 10.3. The molecule has 1 atom stereocenters. The average Bonchev–Trinajstić information content (AvgIpc) is 2.25. The summed E-state index contributed by atoms with van der Waals surface area (Å²) in [6.45, 7) is 6.38. The number of esters is 1. The van der Waals surface area contributed by atoms with E-state index >= 15 is 0 Å². The minimum absolute atomic E-state index is 0.275. The number of methoxy groups -OCH3 is 1. The molecule has 0 aromatic carbocycles. The second-order valence-corrected chi connectivity index (χ2v) is 10.2. The summed E-state index contributed by atoms with van der Waals surface area (Å²) in [4.78, 5) is 11.4. The highest BCUT2D eigenvalue weighted by Gasteiger charge is 2.31. The van der Waals surface area contributed by atoms with Gasteiger partial charge in [0, 0.05) is 12.0 Å². The van der Waals surface area contributed by atoms with Crippen LogP contribution in [0.2, 0.25) is 19.6 Å². The van der Waals surface area contributed by atoms with Gasteiger partial charge in [-0.1, -0.05) is 31.6 Å². The standard InChI is InChI=1S/C13H20O3Si/c1-16-12(14)11-6-5-7-13(15,10-11)8-9-17(2,3)4/h6,15H,5,7,10H2,1-4H3. The van der Waals surface area contributed by atoms with Gasteiger partial charge in [-0.15, -0.1) is 5.54 Å². The Morgan fingerprint density at radius 1 is 1.53 bits per heavy atom. The van der Waals surface area contributed by atoms with E-state index in [1.54, 1.807) is 0 Å². The molecule has 0 aromatic heterocycles. The van der Waals surface area contributed by atoms with E-state index in [9.17, 15) is 9.90 Å². The van der Waals surface area contributed by atoms with Crippen LogP contribution >= 0.6 is 0 Å². The molecule has 0 spiro atoms. The van der Waals surface area contributed by atoms with Crippen molar-refractivity contribution >= 4 is 14.0 Å². The molecule has 0 bridgehead atoms. The predicted molar refractivity (Wildman–Crippen MR) is 70.0 cm³/mol. The third-order valence-corrected chi connectivity index (χ3v) is 3.42. The smallest absolute Gasteiger partial charge is 0.333 e. The highest BCUT2D eigenvalue weighted by Crippen LogP contribution is 2.28. The molecule has 4 heteroatoms. The minimum atomic E-state index is -1.50. The van der Waals surface area contributed by atoms with Crippen molar-refractivity contribution in [2.75, 3.05) is 7.11 Å². The van der Waals surface area contributed by atoms with Gasteiger partial charge >= 0.3 is 5.97 Å². The number of carbonyl (C=O) groups is 1. The minimum Gasteiger partial charge on any atom is -0.466 e. The molecule has 0 amide bonds. The number of aliphatic hydroxyl groups is 1. The maximum Gasteiger partial charge on any atom is 0.333 e. The van der Waals surface area contributed by atoms with Gasteiger partial charge in [-0.2, -0.15) is 0 Å². The van der Waals surface area contributed by atoms with E-state index in [1.807, 2.05) is 6.08 Å². The van der Waals surface area contributed by atoms with Crippen molar-refractivity contribution in [3.8, 4) is 11.5 Å². The van der Waals surface area contributed by atoms with Crippen molar-refractivity contribution in [1.82, 2.24) is 0 Å². The molecule has 1 aliphatic carbocycles. The molecule has 17 heavy (non-hydrogen) atoms. The molecular weight excluding hydrogens is 232 g/mol. The predicted octanol–water partition coefficient (Wildman–Crippen LogP) is 1.88. The molecule has 0 fully saturated rings. The summed E-state index contributed by atoms with van der Waals surface area (Å²) in [5.41, 5.74) is 2.65. The summed E-state index contributed by atoms with van der Waals surface area (Å²) in [7, 11) is -0.151. The molecule has 1 aliphatic rings. The molecule has 1 unspecified atom stereocenters. The Hall–Kier alpha value is -1.05. The van der Waals surface area contributed by atoms with E-state index in [1.165, 1.54) is 7.11 Å². The molecule has 0 saturated carbocycles. The summed E-state index contributed by atoms with van der Waals surface area (Å²) in [6.07, 6.45) is 3.36. The number of hydrogen-bond donors (Lipinski definition) is 1. The third kappa shape index (κ3) is 4.37. The molecule has 0 aliphatic heterocycles. The first-order valence-corrected chi connectivity index (χ1v) is 9.30. The van der Waals surface area contributed by atoms with Crippen LogP contribution in [-0.4, -0.2) is 31.9 Å². The number of carbonyl (C=O) groups excluding carboxylic acids is 1. The summed E-state index contributed by atoms with van der Waals surface area (Å²) < 4.78 is 4.67. The highest BCUT2D eigenvalue weighted by atomic mass is 28.3. The monoisotopic (exact) mass is 252 g/mol. The lowest BCUT2D eigenvalue weighted by atomic mass is 9.85. The lowest BCUT2D eigenvalue weighted by Crippen LogP contribution is -2.32. The third-order valence-electron chi connectivity index (χ3n) is 2.55. The fourth-order valence-electron chi connectivity index (χ4n) is 1.66. The van der Waals surface area contributed by atoms with Gasteiger partial charge in [0.25, 0.3) is 0 Å². The topological polar surface area (TPSA) is 46.5 Å². The maximum absolute atomic E-state index is 11.4. The van der Waals surface area contributed by atoms with Crippen molar-refractivity contribution in [1.29, 1.82) is 0 Å². The number of allylic oxidation sites excluding steroid dienone is 1. The second-order valence-electron chi connectivity index (χ2n) is 5.47. The van der Waals surface area contributed by atoms with Crippen LogP contribution in [0.5, 0.6) is 0 Å². The summed E-state index contributed by atoms with van der Waals surface area (Å²) in [5.74, 6) is 2.60. The van der Waals surface area contributed by atoms with Crippen molar-refractivity contribution in [3.63, 3.8) is 0 Å². The Balaban J connectivity index is 2.83. The van der Waals surface area contributed by atoms with E-state index in [2.05, 4.69) is 35.8 Å². The molecular formula is C13H20O3Si. The summed E-state index contributed by atoms with van der Waals surface area (Å²) >= 11 is 0. The Labute approximate surface area is 104 Å². The van der Waals surface area contributed by atoms with Gasteiger partial charge in [0.2, 0.25) is 0 Å². The van der Waals surface area contributed by atoms with Crippen molar-refractivity contribution in [2.24, 2.45) is 0 Å². The van der Waals surface area contributed by atoms with E-state index in [4.69, 9.17) is 0 Å². The van der Waals surface area contributed by atoms with Gasteiger partial charge in [0.1, 0.15) is 13.7 Å². The van der Waals surface area contributed by atoms with E-state index in [0.29, 0.717) is 18.4 Å². The van der Waals surface area contributed by atoms with E-state index < -0.39 is 13.7 Å². The van der Waals surface area contributed by atoms with E-state index in [-0.39, 0.29) is 12.4 Å². The number of hydrogen-bond acceptors (Lipinski definition) is 3. The van der Waals surface area contributed by atoms with Crippen molar-refractivity contribution in [2.45, 2.75) is 44.5 Å². The average molecular weight is 252 g/mol. The fraction of sp³-hybridized carbons (Fsp3) is 0.615. The molecule has 1 N–H and O–H groups in total. The highest BCUT2D eigenvalue weighted by molar-refractivity contribution is 6.83. The van der Waals surface area contributed by atoms with Crippen LogP contribution in [0.15, 0.2) is 11.6 Å². The first kappa shape index (κ1) is 14.0. The SMILES string of the molecule is COC(=O)C1=CCCC(O)(C#C[Si](C)(C)C)C1. The molecule has 94 valence electrons. The normalized spacial score (nSPS) is 24.4. The Morgan fingerprint density at radius 2 is 2.18 bits per heavy atom. The zero-order valence-electron chi connectivity index (χ0n) is 11.0. The van der Waals surface area contributed by atoms with Crippen molar-refractivity contribution in [3.05, 3.63) is 11.6 Å². The van der Waals surface area contributed by atoms with Crippen LogP contribution in [0.4, 0.5) is 0 Å². The second kappa shape index (κ2) is 5.07. The van der Waals surface area contributed by atoms with Gasteiger partial charge in [-0.25, -0.2) is 4.79 Å². The number of rotatable bonds is 1. The quantitative estimate of drug-likeness (QED) is 0.440. The number of ether oxygens (including phenoxy) is 1. The van der Waals surface area contributed by atoms with Crippen LogP contribution in [0, 0.1) is 11.5 Å². The van der Waals surface area contributed by atoms with Gasteiger partial charge in [-0.3, -0.25) is 0 Å².